The van der Waals surface area contributed by atoms with Crippen molar-refractivity contribution in [3.63, 3.8) is 0 Å². The molecule has 33 heavy (non-hydrogen) atoms. The van der Waals surface area contributed by atoms with Crippen LogP contribution in [0.5, 0.6) is 5.75 Å². The molecule has 182 valence electrons. The number of ether oxygens (including phenoxy) is 1. The summed E-state index contributed by atoms with van der Waals surface area (Å²) in [5, 5.41) is -0.697. The fourth-order valence-corrected chi connectivity index (χ4v) is 4.59. The maximum Gasteiger partial charge on any atom is 0.439 e. The quantitative estimate of drug-likeness (QED) is 0.347. The van der Waals surface area contributed by atoms with Crippen LogP contribution < -0.4 is 4.74 Å². The standard InChI is InChI=1S/C24H24ClF7O/c1-2-3-14-4-6-15(7-5-14)16-8-10-17(11-9-16)18-12-19(25)21(20(26)13-18)33-24(31,32)22(27)23(28,29)30/h8-15,22H,2-7H2,1H3. The molecule has 1 nitrogen and oxygen atoms in total. The van der Waals surface area contributed by atoms with Crippen LogP contribution in [0, 0.1) is 11.7 Å². The summed E-state index contributed by atoms with van der Waals surface area (Å²) in [4.78, 5) is 0. The Labute approximate surface area is 192 Å². The molecular formula is C24H24ClF7O. The van der Waals surface area contributed by atoms with Gasteiger partial charge < -0.3 is 4.74 Å². The Kier molecular flexibility index (Phi) is 7.87. The van der Waals surface area contributed by atoms with E-state index in [4.69, 9.17) is 11.6 Å². The van der Waals surface area contributed by atoms with Gasteiger partial charge in [0.2, 0.25) is 0 Å². The molecule has 0 aliphatic heterocycles. The Hall–Kier alpha value is -1.96. The molecule has 1 aliphatic rings. The third kappa shape index (κ3) is 6.14. The van der Waals surface area contributed by atoms with Crippen LogP contribution in [0.25, 0.3) is 11.1 Å². The first-order valence-corrected chi connectivity index (χ1v) is 11.2. The van der Waals surface area contributed by atoms with E-state index in [2.05, 4.69) is 11.7 Å². The number of alkyl halides is 6. The van der Waals surface area contributed by atoms with Crippen molar-refractivity contribution >= 4 is 11.6 Å². The Bertz CT molecular complexity index is 912. The number of halogens is 8. The molecule has 0 aromatic heterocycles. The van der Waals surface area contributed by atoms with Crippen molar-refractivity contribution < 1.29 is 35.5 Å². The van der Waals surface area contributed by atoms with Crippen molar-refractivity contribution in [2.45, 2.75) is 69.8 Å². The topological polar surface area (TPSA) is 9.23 Å². The van der Waals surface area contributed by atoms with E-state index in [0.29, 0.717) is 11.5 Å². The van der Waals surface area contributed by atoms with Crippen LogP contribution >= 0.6 is 11.6 Å². The van der Waals surface area contributed by atoms with Crippen LogP contribution in [-0.4, -0.2) is 18.5 Å². The molecule has 3 rings (SSSR count). The Morgan fingerprint density at radius 1 is 0.970 bits per heavy atom. The molecule has 9 heteroatoms. The van der Waals surface area contributed by atoms with Crippen LogP contribution in [0.1, 0.15) is 56.9 Å². The van der Waals surface area contributed by atoms with E-state index in [1.54, 1.807) is 12.1 Å². The van der Waals surface area contributed by atoms with Gasteiger partial charge in [0.15, 0.2) is 11.6 Å². The van der Waals surface area contributed by atoms with E-state index in [1.165, 1.54) is 25.7 Å². The van der Waals surface area contributed by atoms with Crippen LogP contribution in [0.3, 0.4) is 0 Å². The van der Waals surface area contributed by atoms with Gasteiger partial charge >= 0.3 is 12.3 Å². The second-order valence-electron chi connectivity index (χ2n) is 8.47. The second-order valence-corrected chi connectivity index (χ2v) is 8.87. The predicted molar refractivity (Wildman–Crippen MR) is 113 cm³/mol. The Morgan fingerprint density at radius 3 is 2.09 bits per heavy atom. The lowest BCUT2D eigenvalue weighted by Crippen LogP contribution is -2.45. The van der Waals surface area contributed by atoms with Crippen LogP contribution in [-0.2, 0) is 0 Å². The molecule has 0 amide bonds. The molecule has 1 fully saturated rings. The molecule has 2 aromatic rings. The maximum atomic E-state index is 14.4. The fraction of sp³-hybridized carbons (Fsp3) is 0.500. The van der Waals surface area contributed by atoms with Crippen LogP contribution in [0.4, 0.5) is 30.7 Å². The molecule has 0 heterocycles. The molecule has 0 N–H and O–H groups in total. The lowest BCUT2D eigenvalue weighted by atomic mass is 9.77. The molecule has 2 aromatic carbocycles. The molecule has 1 aliphatic carbocycles. The monoisotopic (exact) mass is 496 g/mol. The molecule has 1 atom stereocenters. The van der Waals surface area contributed by atoms with E-state index < -0.39 is 35.0 Å². The first-order valence-electron chi connectivity index (χ1n) is 10.8. The van der Waals surface area contributed by atoms with Crippen molar-refractivity contribution in [2.75, 3.05) is 0 Å². The van der Waals surface area contributed by atoms with Gasteiger partial charge in [-0.1, -0.05) is 55.6 Å². The van der Waals surface area contributed by atoms with Crippen LogP contribution in [0.15, 0.2) is 36.4 Å². The van der Waals surface area contributed by atoms with Crippen molar-refractivity contribution in [2.24, 2.45) is 5.92 Å². The number of hydrogen-bond acceptors (Lipinski definition) is 1. The van der Waals surface area contributed by atoms with Gasteiger partial charge in [0.25, 0.3) is 6.17 Å². The van der Waals surface area contributed by atoms with E-state index in [-0.39, 0.29) is 5.56 Å². The third-order valence-corrected chi connectivity index (χ3v) is 6.36. The molecule has 0 saturated heterocycles. The Morgan fingerprint density at radius 2 is 1.58 bits per heavy atom. The second kappa shape index (κ2) is 10.1. The normalized spacial score (nSPS) is 20.5. The average Bonchev–Trinajstić information content (AvgIpc) is 2.76. The first-order chi connectivity index (χ1) is 15.4. The van der Waals surface area contributed by atoms with Crippen molar-refractivity contribution in [3.8, 4) is 16.9 Å². The van der Waals surface area contributed by atoms with Gasteiger partial charge in [-0.2, -0.15) is 22.0 Å². The maximum absolute atomic E-state index is 14.4. The van der Waals surface area contributed by atoms with E-state index in [9.17, 15) is 30.7 Å². The summed E-state index contributed by atoms with van der Waals surface area (Å²) in [6, 6.07) is 9.22. The van der Waals surface area contributed by atoms with Gasteiger partial charge in [0, 0.05) is 0 Å². The highest BCUT2D eigenvalue weighted by atomic mass is 35.5. The molecular weight excluding hydrogens is 473 g/mol. The number of hydrogen-bond donors (Lipinski definition) is 0. The highest BCUT2D eigenvalue weighted by Gasteiger charge is 2.59. The van der Waals surface area contributed by atoms with Gasteiger partial charge in [-0.25, -0.2) is 8.78 Å². The lowest BCUT2D eigenvalue weighted by Gasteiger charge is -2.28. The summed E-state index contributed by atoms with van der Waals surface area (Å²) in [7, 11) is 0. The smallest absolute Gasteiger partial charge is 0.425 e. The summed E-state index contributed by atoms with van der Waals surface area (Å²) < 4.78 is 95.1. The van der Waals surface area contributed by atoms with Crippen molar-refractivity contribution in [1.82, 2.24) is 0 Å². The zero-order valence-electron chi connectivity index (χ0n) is 17.9. The van der Waals surface area contributed by atoms with Gasteiger partial charge in [0.1, 0.15) is 0 Å². The van der Waals surface area contributed by atoms with E-state index in [1.807, 2.05) is 12.1 Å². The number of rotatable bonds is 7. The molecule has 0 radical (unpaired) electrons. The van der Waals surface area contributed by atoms with Gasteiger partial charge in [0.05, 0.1) is 5.02 Å². The largest absolute Gasteiger partial charge is 0.439 e. The Balaban J connectivity index is 1.75. The zero-order valence-corrected chi connectivity index (χ0v) is 18.6. The minimum absolute atomic E-state index is 0.221. The van der Waals surface area contributed by atoms with Gasteiger partial charge in [-0.15, -0.1) is 0 Å². The minimum atomic E-state index is -5.89. The van der Waals surface area contributed by atoms with E-state index >= 15 is 0 Å². The molecule has 0 spiro atoms. The molecule has 0 bridgehead atoms. The lowest BCUT2D eigenvalue weighted by molar-refractivity contribution is -0.305. The summed E-state index contributed by atoms with van der Waals surface area (Å²) in [5.41, 5.74) is 1.91. The highest BCUT2D eigenvalue weighted by Crippen LogP contribution is 2.42. The summed E-state index contributed by atoms with van der Waals surface area (Å²) >= 11 is 5.80. The van der Waals surface area contributed by atoms with E-state index in [0.717, 1.165) is 36.5 Å². The zero-order chi connectivity index (χ0) is 24.4. The van der Waals surface area contributed by atoms with Gasteiger partial charge in [-0.05, 0) is 66.3 Å². The summed E-state index contributed by atoms with van der Waals surface area (Å²) in [5.74, 6) is -1.57. The summed E-state index contributed by atoms with van der Waals surface area (Å²) in [6.45, 7) is 2.18. The third-order valence-electron chi connectivity index (χ3n) is 6.08. The van der Waals surface area contributed by atoms with Crippen LogP contribution in [0.2, 0.25) is 5.02 Å². The predicted octanol–water partition coefficient (Wildman–Crippen LogP) is 9.09. The van der Waals surface area contributed by atoms with Crippen molar-refractivity contribution in [3.05, 3.63) is 52.8 Å². The number of benzene rings is 2. The molecule has 1 saturated carbocycles. The first kappa shape index (κ1) is 25.7. The van der Waals surface area contributed by atoms with Crippen molar-refractivity contribution in [1.29, 1.82) is 0 Å². The SMILES string of the molecule is CCCC1CCC(c2ccc(-c3cc(F)c(OC(F)(F)C(F)C(F)(F)F)c(Cl)c3)cc2)CC1. The highest BCUT2D eigenvalue weighted by molar-refractivity contribution is 6.32. The minimum Gasteiger partial charge on any atom is -0.425 e. The fourth-order valence-electron chi connectivity index (χ4n) is 4.34. The average molecular weight is 497 g/mol. The summed E-state index contributed by atoms with van der Waals surface area (Å²) in [6.07, 6.45) is -8.89. The van der Waals surface area contributed by atoms with Gasteiger partial charge in [-0.3, -0.25) is 0 Å². The molecule has 1 unspecified atom stereocenters.